The van der Waals surface area contributed by atoms with E-state index in [1.165, 1.54) is 19.2 Å². The third-order valence-electron chi connectivity index (χ3n) is 2.12. The number of hydrogen-bond donors (Lipinski definition) is 1. The van der Waals surface area contributed by atoms with Crippen LogP contribution in [0.15, 0.2) is 29.2 Å². The molecule has 0 bridgehead atoms. The van der Waals surface area contributed by atoms with Crippen molar-refractivity contribution in [1.29, 1.82) is 0 Å². The average Bonchev–Trinajstić information content (AvgIpc) is 2.26. The standard InChI is InChI=1S/C11H16O5S/c1-9-3-5-10(6-4-9)17(13,14)16-11(12)7-8-15-2/h3-6,11-12H,7-8H2,1-2H3. The Labute approximate surface area is 101 Å². The van der Waals surface area contributed by atoms with Crippen LogP contribution < -0.4 is 0 Å². The number of rotatable bonds is 6. The molecule has 5 nitrogen and oxygen atoms in total. The predicted octanol–water partition coefficient (Wildman–Crippen LogP) is 1.06. The van der Waals surface area contributed by atoms with Crippen LogP contribution in [0.2, 0.25) is 0 Å². The highest BCUT2D eigenvalue weighted by molar-refractivity contribution is 7.86. The fourth-order valence-electron chi connectivity index (χ4n) is 1.17. The Balaban J connectivity index is 2.71. The van der Waals surface area contributed by atoms with E-state index in [0.29, 0.717) is 0 Å². The van der Waals surface area contributed by atoms with Gasteiger partial charge in [-0.2, -0.15) is 8.42 Å². The minimum atomic E-state index is -3.91. The maximum Gasteiger partial charge on any atom is 0.299 e. The first-order valence-corrected chi connectivity index (χ1v) is 6.53. The largest absolute Gasteiger partial charge is 0.384 e. The molecule has 0 saturated carbocycles. The van der Waals surface area contributed by atoms with Crippen LogP contribution in [-0.4, -0.2) is 33.5 Å². The molecule has 0 aliphatic heterocycles. The van der Waals surface area contributed by atoms with Crippen LogP contribution in [0.3, 0.4) is 0 Å². The lowest BCUT2D eigenvalue weighted by atomic mass is 10.2. The molecule has 0 aromatic heterocycles. The molecular weight excluding hydrogens is 244 g/mol. The van der Waals surface area contributed by atoms with Gasteiger partial charge in [0.05, 0.1) is 11.5 Å². The lowest BCUT2D eigenvalue weighted by Gasteiger charge is -2.11. The summed E-state index contributed by atoms with van der Waals surface area (Å²) in [6.45, 7) is 2.08. The van der Waals surface area contributed by atoms with Crippen molar-refractivity contribution >= 4 is 10.1 Å². The number of benzene rings is 1. The van der Waals surface area contributed by atoms with Gasteiger partial charge >= 0.3 is 0 Å². The van der Waals surface area contributed by atoms with E-state index < -0.39 is 16.4 Å². The molecule has 0 spiro atoms. The smallest absolute Gasteiger partial charge is 0.299 e. The molecule has 96 valence electrons. The van der Waals surface area contributed by atoms with E-state index in [9.17, 15) is 13.5 Å². The summed E-state index contributed by atoms with van der Waals surface area (Å²) in [5, 5.41) is 9.35. The maximum absolute atomic E-state index is 11.7. The average molecular weight is 260 g/mol. The number of hydrogen-bond acceptors (Lipinski definition) is 5. The van der Waals surface area contributed by atoms with Crippen LogP contribution >= 0.6 is 0 Å². The number of aliphatic hydroxyl groups excluding tert-OH is 1. The van der Waals surface area contributed by atoms with Crippen LogP contribution in [0.25, 0.3) is 0 Å². The van der Waals surface area contributed by atoms with Crippen molar-refractivity contribution in [2.75, 3.05) is 13.7 Å². The monoisotopic (exact) mass is 260 g/mol. The van der Waals surface area contributed by atoms with Gasteiger partial charge in [-0.15, -0.1) is 0 Å². The molecule has 6 heteroatoms. The second kappa shape index (κ2) is 6.11. The highest BCUT2D eigenvalue weighted by Crippen LogP contribution is 2.15. The Morgan fingerprint density at radius 3 is 2.41 bits per heavy atom. The maximum atomic E-state index is 11.7. The molecule has 0 aliphatic rings. The van der Waals surface area contributed by atoms with Gasteiger partial charge in [0.25, 0.3) is 10.1 Å². The van der Waals surface area contributed by atoms with Gasteiger partial charge in [0, 0.05) is 13.5 Å². The summed E-state index contributed by atoms with van der Waals surface area (Å²) in [4.78, 5) is 0.0274. The van der Waals surface area contributed by atoms with Gasteiger partial charge in [-0.1, -0.05) is 17.7 Å². The summed E-state index contributed by atoms with van der Waals surface area (Å²) in [7, 11) is -2.45. The Kier molecular flexibility index (Phi) is 5.07. The van der Waals surface area contributed by atoms with E-state index in [0.717, 1.165) is 5.56 Å². The normalized spacial score (nSPS) is 13.6. The summed E-state index contributed by atoms with van der Waals surface area (Å²) in [6, 6.07) is 6.21. The van der Waals surface area contributed by atoms with E-state index in [4.69, 9.17) is 4.74 Å². The molecular formula is C11H16O5S. The topological polar surface area (TPSA) is 72.8 Å². The molecule has 0 amide bonds. The van der Waals surface area contributed by atoms with Crippen LogP contribution in [-0.2, 0) is 19.0 Å². The molecule has 1 unspecified atom stereocenters. The van der Waals surface area contributed by atoms with E-state index in [1.54, 1.807) is 12.1 Å². The van der Waals surface area contributed by atoms with Gasteiger partial charge in [0.1, 0.15) is 0 Å². The summed E-state index contributed by atoms with van der Waals surface area (Å²) < 4.78 is 32.7. The van der Waals surface area contributed by atoms with Crippen molar-refractivity contribution in [3.63, 3.8) is 0 Å². The van der Waals surface area contributed by atoms with Gasteiger partial charge in [0.15, 0.2) is 6.29 Å². The van der Waals surface area contributed by atoms with Crippen molar-refractivity contribution in [2.24, 2.45) is 0 Å². The van der Waals surface area contributed by atoms with E-state index >= 15 is 0 Å². The summed E-state index contributed by atoms with van der Waals surface area (Å²) >= 11 is 0. The lowest BCUT2D eigenvalue weighted by Crippen LogP contribution is -2.19. The van der Waals surface area contributed by atoms with E-state index in [2.05, 4.69) is 4.18 Å². The van der Waals surface area contributed by atoms with Gasteiger partial charge in [0.2, 0.25) is 0 Å². The minimum Gasteiger partial charge on any atom is -0.384 e. The molecule has 1 rings (SSSR count). The van der Waals surface area contributed by atoms with Crippen molar-refractivity contribution < 1.29 is 22.4 Å². The molecule has 0 aliphatic carbocycles. The Hall–Kier alpha value is -0.950. The van der Waals surface area contributed by atoms with Gasteiger partial charge in [-0.05, 0) is 19.1 Å². The number of aliphatic hydroxyl groups is 1. The molecule has 17 heavy (non-hydrogen) atoms. The molecule has 1 atom stereocenters. The third kappa shape index (κ3) is 4.43. The Morgan fingerprint density at radius 1 is 1.29 bits per heavy atom. The first-order valence-electron chi connectivity index (χ1n) is 5.12. The highest BCUT2D eigenvalue weighted by Gasteiger charge is 2.19. The van der Waals surface area contributed by atoms with Crippen molar-refractivity contribution in [1.82, 2.24) is 0 Å². The fourth-order valence-corrected chi connectivity index (χ4v) is 2.14. The Morgan fingerprint density at radius 2 is 1.88 bits per heavy atom. The van der Waals surface area contributed by atoms with Crippen molar-refractivity contribution in [3.05, 3.63) is 29.8 Å². The highest BCUT2D eigenvalue weighted by atomic mass is 32.2. The number of ether oxygens (including phenoxy) is 1. The predicted molar refractivity (Wildman–Crippen MR) is 61.9 cm³/mol. The Bertz CT molecular complexity index is 437. The zero-order valence-corrected chi connectivity index (χ0v) is 10.6. The quantitative estimate of drug-likeness (QED) is 0.611. The molecule has 1 N–H and O–H groups in total. The zero-order valence-electron chi connectivity index (χ0n) is 9.79. The number of methoxy groups -OCH3 is 1. The molecule has 0 heterocycles. The molecule has 0 radical (unpaired) electrons. The van der Waals surface area contributed by atoms with Gasteiger partial charge < -0.3 is 9.84 Å². The van der Waals surface area contributed by atoms with Crippen LogP contribution in [0.1, 0.15) is 12.0 Å². The summed E-state index contributed by atoms with van der Waals surface area (Å²) in [5.41, 5.74) is 0.948. The van der Waals surface area contributed by atoms with Crippen LogP contribution in [0.5, 0.6) is 0 Å². The van der Waals surface area contributed by atoms with Crippen molar-refractivity contribution in [3.8, 4) is 0 Å². The van der Waals surface area contributed by atoms with E-state index in [-0.39, 0.29) is 17.9 Å². The fraction of sp³-hybridized carbons (Fsp3) is 0.455. The first-order chi connectivity index (χ1) is 7.95. The van der Waals surface area contributed by atoms with Gasteiger partial charge in [-0.3, -0.25) is 0 Å². The molecule has 0 fully saturated rings. The summed E-state index contributed by atoms with van der Waals surface area (Å²) in [5.74, 6) is 0. The van der Waals surface area contributed by atoms with E-state index in [1.807, 2.05) is 6.92 Å². The van der Waals surface area contributed by atoms with Crippen LogP contribution in [0.4, 0.5) is 0 Å². The molecule has 1 aromatic carbocycles. The van der Waals surface area contributed by atoms with Gasteiger partial charge in [-0.25, -0.2) is 4.18 Å². The molecule has 1 aromatic rings. The second-order valence-corrected chi connectivity index (χ2v) is 5.17. The first kappa shape index (κ1) is 14.1. The van der Waals surface area contributed by atoms with Crippen LogP contribution in [0, 0.1) is 6.92 Å². The molecule has 0 saturated heterocycles. The number of aryl methyl sites for hydroxylation is 1. The summed E-state index contributed by atoms with van der Waals surface area (Å²) in [6.07, 6.45) is -1.29. The lowest BCUT2D eigenvalue weighted by molar-refractivity contribution is -0.0320. The zero-order chi connectivity index (χ0) is 12.9. The minimum absolute atomic E-state index is 0.0274. The third-order valence-corrected chi connectivity index (χ3v) is 3.44. The van der Waals surface area contributed by atoms with Crippen molar-refractivity contribution in [2.45, 2.75) is 24.5 Å². The second-order valence-electron chi connectivity index (χ2n) is 3.60. The SMILES string of the molecule is COCCC(O)OS(=O)(=O)c1ccc(C)cc1.